The Hall–Kier alpha value is -3.13. The van der Waals surface area contributed by atoms with Crippen LogP contribution in [0, 0.1) is 5.82 Å². The smallest absolute Gasteiger partial charge is 0.356 e. The number of carbonyl (C=O) groups is 1. The summed E-state index contributed by atoms with van der Waals surface area (Å²) in [5.41, 5.74) is 0.663. The summed E-state index contributed by atoms with van der Waals surface area (Å²) in [6.07, 6.45) is 2.65. The highest BCUT2D eigenvalue weighted by Gasteiger charge is 2.13. The van der Waals surface area contributed by atoms with E-state index in [0.29, 0.717) is 11.5 Å². The minimum Gasteiger partial charge on any atom is -0.476 e. The summed E-state index contributed by atoms with van der Waals surface area (Å²) in [4.78, 5) is 23.4. The molecule has 8 heteroatoms. The minimum absolute atomic E-state index is 0.116. The van der Waals surface area contributed by atoms with Crippen molar-refractivity contribution in [3.05, 3.63) is 60.1 Å². The van der Waals surface area contributed by atoms with Crippen molar-refractivity contribution in [2.24, 2.45) is 0 Å². The lowest BCUT2D eigenvalue weighted by molar-refractivity contribution is 0.0691. The number of hydrogen-bond donors (Lipinski definition) is 1. The number of ether oxygens (including phenoxy) is 1. The number of carboxylic acids is 1. The molecule has 0 aliphatic heterocycles. The largest absolute Gasteiger partial charge is 0.476 e. The highest BCUT2D eigenvalue weighted by Crippen LogP contribution is 2.21. The third kappa shape index (κ3) is 3.13. The number of aromatic carboxylic acids is 1. The monoisotopic (exact) mass is 328 g/mol. The van der Waals surface area contributed by atoms with Crippen molar-refractivity contribution in [2.45, 2.75) is 6.61 Å². The Morgan fingerprint density at radius 2 is 2.12 bits per heavy atom. The molecule has 0 amide bonds. The van der Waals surface area contributed by atoms with Crippen LogP contribution in [0.1, 0.15) is 16.2 Å². The first kappa shape index (κ1) is 15.8. The van der Waals surface area contributed by atoms with Crippen molar-refractivity contribution in [1.82, 2.24) is 19.5 Å². The zero-order valence-electron chi connectivity index (χ0n) is 12.7. The van der Waals surface area contributed by atoms with E-state index >= 15 is 0 Å². The predicted molar refractivity (Wildman–Crippen MR) is 82.2 cm³/mol. The van der Waals surface area contributed by atoms with Crippen LogP contribution in [0.4, 0.5) is 4.39 Å². The summed E-state index contributed by atoms with van der Waals surface area (Å²) >= 11 is 0. The standard InChI is InChI=1S/C16H13FN4O3/c1-24-8-10-6-14(21-7-13(16(22)23)18-9-21)20-15(19-10)11-4-2-3-5-12(11)17/h2-7,9H,8H2,1H3,(H,22,23). The number of carboxylic acid groups (broad SMARTS) is 1. The van der Waals surface area contributed by atoms with Crippen molar-refractivity contribution in [3.8, 4) is 17.2 Å². The van der Waals surface area contributed by atoms with Gasteiger partial charge in [-0.2, -0.15) is 0 Å². The molecule has 0 saturated carbocycles. The van der Waals surface area contributed by atoms with Crippen molar-refractivity contribution in [2.75, 3.05) is 7.11 Å². The summed E-state index contributed by atoms with van der Waals surface area (Å²) in [7, 11) is 1.52. The molecule has 0 unspecified atom stereocenters. The molecule has 122 valence electrons. The maximum Gasteiger partial charge on any atom is 0.356 e. The number of nitrogens with zero attached hydrogens (tertiary/aromatic N) is 4. The number of benzene rings is 1. The Kier molecular flexibility index (Phi) is 4.30. The Morgan fingerprint density at radius 1 is 1.33 bits per heavy atom. The van der Waals surface area contributed by atoms with Gasteiger partial charge in [-0.15, -0.1) is 0 Å². The molecule has 0 atom stereocenters. The fraction of sp³-hybridized carbons (Fsp3) is 0.125. The molecular formula is C16H13FN4O3. The van der Waals surface area contributed by atoms with Crippen molar-refractivity contribution < 1.29 is 19.0 Å². The first-order valence-electron chi connectivity index (χ1n) is 6.98. The average molecular weight is 328 g/mol. The van der Waals surface area contributed by atoms with Crippen LogP contribution >= 0.6 is 0 Å². The zero-order valence-corrected chi connectivity index (χ0v) is 12.7. The van der Waals surface area contributed by atoms with E-state index in [4.69, 9.17) is 9.84 Å². The van der Waals surface area contributed by atoms with E-state index in [2.05, 4.69) is 15.0 Å². The van der Waals surface area contributed by atoms with Gasteiger partial charge in [-0.3, -0.25) is 4.57 Å². The Balaban J connectivity index is 2.12. The van der Waals surface area contributed by atoms with Gasteiger partial charge in [0.1, 0.15) is 18.0 Å². The number of aromatic nitrogens is 4. The molecule has 3 aromatic rings. The van der Waals surface area contributed by atoms with E-state index in [9.17, 15) is 9.18 Å². The number of halogens is 1. The predicted octanol–water partition coefficient (Wildman–Crippen LogP) is 2.31. The van der Waals surface area contributed by atoms with Gasteiger partial charge in [-0.25, -0.2) is 24.1 Å². The van der Waals surface area contributed by atoms with E-state index in [0.717, 1.165) is 0 Å². The molecule has 0 aliphatic rings. The van der Waals surface area contributed by atoms with Crippen LogP contribution in [0.2, 0.25) is 0 Å². The fourth-order valence-corrected chi connectivity index (χ4v) is 2.16. The lowest BCUT2D eigenvalue weighted by Gasteiger charge is -2.09. The SMILES string of the molecule is COCc1cc(-n2cnc(C(=O)O)c2)nc(-c2ccccc2F)n1. The molecule has 7 nitrogen and oxygen atoms in total. The van der Waals surface area contributed by atoms with Crippen LogP contribution in [0.15, 0.2) is 42.9 Å². The highest BCUT2D eigenvalue weighted by atomic mass is 19.1. The van der Waals surface area contributed by atoms with Gasteiger partial charge >= 0.3 is 5.97 Å². The molecule has 0 aliphatic carbocycles. The lowest BCUT2D eigenvalue weighted by atomic mass is 10.2. The van der Waals surface area contributed by atoms with E-state index in [1.165, 1.54) is 30.3 Å². The van der Waals surface area contributed by atoms with Crippen molar-refractivity contribution in [1.29, 1.82) is 0 Å². The molecule has 0 radical (unpaired) electrons. The molecule has 0 fully saturated rings. The molecular weight excluding hydrogens is 315 g/mol. The van der Waals surface area contributed by atoms with Crippen molar-refractivity contribution in [3.63, 3.8) is 0 Å². The molecule has 2 heterocycles. The highest BCUT2D eigenvalue weighted by molar-refractivity contribution is 5.85. The van der Waals surface area contributed by atoms with Crippen LogP contribution in [0.25, 0.3) is 17.2 Å². The van der Waals surface area contributed by atoms with Crippen LogP contribution in [-0.2, 0) is 11.3 Å². The van der Waals surface area contributed by atoms with Crippen molar-refractivity contribution >= 4 is 5.97 Å². The minimum atomic E-state index is -1.14. The molecule has 0 spiro atoms. The van der Waals surface area contributed by atoms with Gasteiger partial charge in [0, 0.05) is 19.4 Å². The van der Waals surface area contributed by atoms with E-state index in [-0.39, 0.29) is 23.7 Å². The van der Waals surface area contributed by atoms with E-state index in [1.54, 1.807) is 24.3 Å². The molecule has 1 aromatic carbocycles. The summed E-state index contributed by atoms with van der Waals surface area (Å²) < 4.78 is 20.5. The first-order chi connectivity index (χ1) is 11.6. The van der Waals surface area contributed by atoms with Gasteiger partial charge in [0.05, 0.1) is 17.9 Å². The quantitative estimate of drug-likeness (QED) is 0.773. The normalized spacial score (nSPS) is 10.8. The molecule has 0 bridgehead atoms. The van der Waals surface area contributed by atoms with Crippen LogP contribution in [0.3, 0.4) is 0 Å². The zero-order chi connectivity index (χ0) is 17.1. The second-order valence-corrected chi connectivity index (χ2v) is 4.93. The third-order valence-electron chi connectivity index (χ3n) is 3.24. The molecule has 1 N–H and O–H groups in total. The number of rotatable bonds is 5. The van der Waals surface area contributed by atoms with Gasteiger partial charge in [0.15, 0.2) is 11.5 Å². The fourth-order valence-electron chi connectivity index (χ4n) is 2.16. The molecule has 2 aromatic heterocycles. The Morgan fingerprint density at radius 3 is 2.79 bits per heavy atom. The van der Waals surface area contributed by atoms with E-state index in [1.807, 2.05) is 0 Å². The number of hydrogen-bond acceptors (Lipinski definition) is 5. The van der Waals surface area contributed by atoms with Crippen LogP contribution in [-0.4, -0.2) is 37.7 Å². The Labute approximate surface area is 136 Å². The van der Waals surface area contributed by atoms with E-state index < -0.39 is 11.8 Å². The number of methoxy groups -OCH3 is 1. The maximum absolute atomic E-state index is 14.0. The second-order valence-electron chi connectivity index (χ2n) is 4.93. The number of imidazole rings is 1. The summed E-state index contributed by atoms with van der Waals surface area (Å²) in [6.45, 7) is 0.206. The maximum atomic E-state index is 14.0. The third-order valence-corrected chi connectivity index (χ3v) is 3.24. The molecule has 24 heavy (non-hydrogen) atoms. The van der Waals surface area contributed by atoms with Crippen LogP contribution in [0.5, 0.6) is 0 Å². The first-order valence-corrected chi connectivity index (χ1v) is 6.98. The summed E-state index contributed by atoms with van der Waals surface area (Å²) in [5.74, 6) is -1.04. The van der Waals surface area contributed by atoms with Gasteiger partial charge < -0.3 is 9.84 Å². The average Bonchev–Trinajstić information content (AvgIpc) is 3.06. The summed E-state index contributed by atoms with van der Waals surface area (Å²) in [5, 5.41) is 8.97. The topological polar surface area (TPSA) is 90.1 Å². The van der Waals surface area contributed by atoms with Gasteiger partial charge in [-0.05, 0) is 12.1 Å². The second kappa shape index (κ2) is 6.55. The van der Waals surface area contributed by atoms with Crippen LogP contribution < -0.4 is 0 Å². The van der Waals surface area contributed by atoms with Gasteiger partial charge in [-0.1, -0.05) is 12.1 Å². The Bertz CT molecular complexity index is 895. The summed E-state index contributed by atoms with van der Waals surface area (Å²) in [6, 6.07) is 7.78. The van der Waals surface area contributed by atoms with Gasteiger partial charge in [0.2, 0.25) is 0 Å². The molecule has 0 saturated heterocycles. The molecule has 3 rings (SSSR count). The lowest BCUT2D eigenvalue weighted by Crippen LogP contribution is -2.04. The van der Waals surface area contributed by atoms with Gasteiger partial charge in [0.25, 0.3) is 0 Å².